The first kappa shape index (κ1) is 14.3. The molecule has 1 saturated heterocycles. The molecule has 2 atom stereocenters. The molecule has 19 heavy (non-hydrogen) atoms. The van der Waals surface area contributed by atoms with Gasteiger partial charge in [0.25, 0.3) is 0 Å². The van der Waals surface area contributed by atoms with E-state index in [1.165, 1.54) is 6.07 Å². The summed E-state index contributed by atoms with van der Waals surface area (Å²) >= 11 is 0. The van der Waals surface area contributed by atoms with Crippen molar-refractivity contribution >= 4 is 0 Å². The summed E-state index contributed by atoms with van der Waals surface area (Å²) in [5.41, 5.74) is 6.78. The lowest BCUT2D eigenvalue weighted by atomic mass is 10.0. The van der Waals surface area contributed by atoms with E-state index < -0.39 is 0 Å². The molecule has 1 aromatic rings. The SMILES string of the molecule is CCC(N)Cc1ccc(OCC2CCCO2)c(F)c1. The molecule has 1 aliphatic heterocycles. The van der Waals surface area contributed by atoms with Gasteiger partial charge in [-0.15, -0.1) is 0 Å². The van der Waals surface area contributed by atoms with Crippen LogP contribution in [0.2, 0.25) is 0 Å². The van der Waals surface area contributed by atoms with Crippen molar-refractivity contribution in [3.05, 3.63) is 29.6 Å². The summed E-state index contributed by atoms with van der Waals surface area (Å²) < 4.78 is 24.8. The van der Waals surface area contributed by atoms with Crippen LogP contribution in [0.3, 0.4) is 0 Å². The highest BCUT2D eigenvalue weighted by Crippen LogP contribution is 2.21. The maximum Gasteiger partial charge on any atom is 0.165 e. The molecule has 0 spiro atoms. The van der Waals surface area contributed by atoms with Gasteiger partial charge in [0.2, 0.25) is 0 Å². The van der Waals surface area contributed by atoms with Gasteiger partial charge < -0.3 is 15.2 Å². The average molecular weight is 267 g/mol. The second kappa shape index (κ2) is 6.87. The Labute approximate surface area is 113 Å². The van der Waals surface area contributed by atoms with E-state index in [1.54, 1.807) is 6.07 Å². The number of hydrogen-bond acceptors (Lipinski definition) is 3. The Hall–Kier alpha value is -1.13. The summed E-state index contributed by atoms with van der Waals surface area (Å²) in [6.45, 7) is 3.23. The molecule has 106 valence electrons. The first-order valence-electron chi connectivity index (χ1n) is 6.97. The van der Waals surface area contributed by atoms with Crippen molar-refractivity contribution < 1.29 is 13.9 Å². The topological polar surface area (TPSA) is 44.5 Å². The first-order chi connectivity index (χ1) is 9.19. The summed E-state index contributed by atoms with van der Waals surface area (Å²) in [7, 11) is 0. The van der Waals surface area contributed by atoms with Crippen LogP contribution in [0.15, 0.2) is 18.2 Å². The molecule has 1 aromatic carbocycles. The zero-order chi connectivity index (χ0) is 13.7. The van der Waals surface area contributed by atoms with Gasteiger partial charge in [0.1, 0.15) is 6.61 Å². The van der Waals surface area contributed by atoms with Gasteiger partial charge in [-0.3, -0.25) is 0 Å². The lowest BCUT2D eigenvalue weighted by Gasteiger charge is -2.13. The van der Waals surface area contributed by atoms with Crippen molar-refractivity contribution in [1.82, 2.24) is 0 Å². The van der Waals surface area contributed by atoms with Crippen molar-refractivity contribution in [3.63, 3.8) is 0 Å². The van der Waals surface area contributed by atoms with Crippen LogP contribution in [-0.4, -0.2) is 25.4 Å². The number of rotatable bonds is 6. The predicted octanol–water partition coefficient (Wildman–Crippen LogP) is 2.66. The average Bonchev–Trinajstić information content (AvgIpc) is 2.91. The molecule has 2 N–H and O–H groups in total. The highest BCUT2D eigenvalue weighted by atomic mass is 19.1. The molecule has 0 saturated carbocycles. The van der Waals surface area contributed by atoms with E-state index in [0.717, 1.165) is 31.4 Å². The number of ether oxygens (including phenoxy) is 2. The molecule has 4 heteroatoms. The lowest BCUT2D eigenvalue weighted by Crippen LogP contribution is -2.21. The molecular weight excluding hydrogens is 245 g/mol. The fourth-order valence-corrected chi connectivity index (χ4v) is 2.19. The minimum Gasteiger partial charge on any atom is -0.488 e. The Kier molecular flexibility index (Phi) is 5.16. The van der Waals surface area contributed by atoms with Crippen LogP contribution in [0.25, 0.3) is 0 Å². The van der Waals surface area contributed by atoms with Crippen LogP contribution in [0.4, 0.5) is 4.39 Å². The van der Waals surface area contributed by atoms with E-state index in [0.29, 0.717) is 18.8 Å². The Morgan fingerprint density at radius 2 is 2.37 bits per heavy atom. The normalized spacial score (nSPS) is 20.5. The predicted molar refractivity (Wildman–Crippen MR) is 72.8 cm³/mol. The van der Waals surface area contributed by atoms with Gasteiger partial charge in [-0.2, -0.15) is 0 Å². The van der Waals surface area contributed by atoms with E-state index in [-0.39, 0.29) is 18.0 Å². The molecule has 0 radical (unpaired) electrons. The Balaban J connectivity index is 1.90. The van der Waals surface area contributed by atoms with E-state index in [9.17, 15) is 4.39 Å². The molecule has 0 aromatic heterocycles. The summed E-state index contributed by atoms with van der Waals surface area (Å²) in [5, 5.41) is 0. The number of halogens is 1. The third-order valence-electron chi connectivity index (χ3n) is 3.47. The smallest absolute Gasteiger partial charge is 0.165 e. The Morgan fingerprint density at radius 1 is 1.53 bits per heavy atom. The molecule has 3 nitrogen and oxygen atoms in total. The molecule has 0 bridgehead atoms. The molecule has 1 heterocycles. The quantitative estimate of drug-likeness (QED) is 0.861. The molecule has 1 aliphatic rings. The molecule has 0 aliphatic carbocycles. The molecule has 2 unspecified atom stereocenters. The first-order valence-corrected chi connectivity index (χ1v) is 6.97. The van der Waals surface area contributed by atoms with Crippen LogP contribution >= 0.6 is 0 Å². The summed E-state index contributed by atoms with van der Waals surface area (Å²) in [4.78, 5) is 0. The van der Waals surface area contributed by atoms with Crippen LogP contribution < -0.4 is 10.5 Å². The monoisotopic (exact) mass is 267 g/mol. The minimum absolute atomic E-state index is 0.0815. The Bertz CT molecular complexity index is 405. The maximum atomic E-state index is 13.9. The summed E-state index contributed by atoms with van der Waals surface area (Å²) in [5.74, 6) is -0.0249. The zero-order valence-corrected chi connectivity index (χ0v) is 11.4. The Morgan fingerprint density at radius 3 is 3.00 bits per heavy atom. The van der Waals surface area contributed by atoms with Crippen LogP contribution in [-0.2, 0) is 11.2 Å². The standard InChI is InChI=1S/C15H22FNO2/c1-2-12(17)8-11-5-6-15(14(16)9-11)19-10-13-4-3-7-18-13/h5-6,9,12-13H,2-4,7-8,10,17H2,1H3. The zero-order valence-electron chi connectivity index (χ0n) is 11.4. The second-order valence-corrected chi connectivity index (χ2v) is 5.08. The van der Waals surface area contributed by atoms with Gasteiger partial charge in [0.15, 0.2) is 11.6 Å². The highest BCUT2D eigenvalue weighted by Gasteiger charge is 2.17. The van der Waals surface area contributed by atoms with Crippen molar-refractivity contribution in [2.75, 3.05) is 13.2 Å². The van der Waals surface area contributed by atoms with Crippen molar-refractivity contribution in [3.8, 4) is 5.75 Å². The number of hydrogen-bond donors (Lipinski definition) is 1. The van der Waals surface area contributed by atoms with Crippen LogP contribution in [0, 0.1) is 5.82 Å². The van der Waals surface area contributed by atoms with Crippen molar-refractivity contribution in [2.45, 2.75) is 44.8 Å². The van der Waals surface area contributed by atoms with E-state index >= 15 is 0 Å². The fraction of sp³-hybridized carbons (Fsp3) is 0.600. The number of benzene rings is 1. The number of nitrogens with two attached hydrogens (primary N) is 1. The van der Waals surface area contributed by atoms with E-state index in [4.69, 9.17) is 15.2 Å². The van der Waals surface area contributed by atoms with E-state index in [2.05, 4.69) is 0 Å². The van der Waals surface area contributed by atoms with Crippen LogP contribution in [0.5, 0.6) is 5.75 Å². The van der Waals surface area contributed by atoms with Gasteiger partial charge in [-0.05, 0) is 43.4 Å². The molecule has 1 fully saturated rings. The minimum atomic E-state index is -0.321. The van der Waals surface area contributed by atoms with Gasteiger partial charge in [-0.1, -0.05) is 13.0 Å². The molecular formula is C15H22FNO2. The van der Waals surface area contributed by atoms with Gasteiger partial charge >= 0.3 is 0 Å². The molecule has 2 rings (SSSR count). The third-order valence-corrected chi connectivity index (χ3v) is 3.47. The second-order valence-electron chi connectivity index (χ2n) is 5.08. The highest BCUT2D eigenvalue weighted by molar-refractivity contribution is 5.29. The molecule has 0 amide bonds. The fourth-order valence-electron chi connectivity index (χ4n) is 2.19. The van der Waals surface area contributed by atoms with Gasteiger partial charge in [-0.25, -0.2) is 4.39 Å². The lowest BCUT2D eigenvalue weighted by molar-refractivity contribution is 0.0665. The summed E-state index contributed by atoms with van der Waals surface area (Å²) in [6.07, 6.45) is 3.74. The van der Waals surface area contributed by atoms with Crippen molar-refractivity contribution in [2.24, 2.45) is 5.73 Å². The van der Waals surface area contributed by atoms with E-state index in [1.807, 2.05) is 13.0 Å². The largest absolute Gasteiger partial charge is 0.488 e. The van der Waals surface area contributed by atoms with Crippen LogP contribution in [0.1, 0.15) is 31.7 Å². The maximum absolute atomic E-state index is 13.9. The summed E-state index contributed by atoms with van der Waals surface area (Å²) in [6, 6.07) is 5.16. The van der Waals surface area contributed by atoms with Crippen molar-refractivity contribution in [1.29, 1.82) is 0 Å². The van der Waals surface area contributed by atoms with Gasteiger partial charge in [0, 0.05) is 12.6 Å². The third kappa shape index (κ3) is 4.18. The van der Waals surface area contributed by atoms with Gasteiger partial charge in [0.05, 0.1) is 6.10 Å².